The third-order valence-electron chi connectivity index (χ3n) is 5.00. The molecule has 0 saturated carbocycles. The van der Waals surface area contributed by atoms with E-state index < -0.39 is 6.10 Å². The molecule has 0 amide bonds. The van der Waals surface area contributed by atoms with Gasteiger partial charge in [-0.1, -0.05) is 60.4 Å². The van der Waals surface area contributed by atoms with Gasteiger partial charge in [-0.2, -0.15) is 0 Å². The molecule has 0 radical (unpaired) electrons. The maximum Gasteiger partial charge on any atom is 0.145 e. The van der Waals surface area contributed by atoms with Gasteiger partial charge in [0.2, 0.25) is 0 Å². The maximum atomic E-state index is 13.3. The lowest BCUT2D eigenvalue weighted by atomic mass is 10.0. The third-order valence-corrected chi connectivity index (χ3v) is 5.74. The summed E-state index contributed by atoms with van der Waals surface area (Å²) in [7, 11) is 0. The Balaban J connectivity index is 1.61. The Hall–Kier alpha value is -1.70. The van der Waals surface area contributed by atoms with Crippen LogP contribution in [0.2, 0.25) is 10.0 Å². The van der Waals surface area contributed by atoms with E-state index in [1.807, 2.05) is 6.07 Å². The van der Waals surface area contributed by atoms with E-state index in [4.69, 9.17) is 32.8 Å². The van der Waals surface area contributed by atoms with Gasteiger partial charge in [0.15, 0.2) is 0 Å². The molecule has 8 heteroatoms. The Morgan fingerprint density at radius 1 is 1.16 bits per heavy atom. The second kappa shape index (κ2) is 12.0. The predicted molar refractivity (Wildman–Crippen MR) is 126 cm³/mol. The van der Waals surface area contributed by atoms with Crippen molar-refractivity contribution in [2.75, 3.05) is 26.3 Å². The molecule has 0 saturated heterocycles. The topological polar surface area (TPSA) is 54.3 Å². The number of halogens is 3. The minimum absolute atomic E-state index is 0.177. The summed E-state index contributed by atoms with van der Waals surface area (Å²) in [5.74, 6) is 0.127. The summed E-state index contributed by atoms with van der Waals surface area (Å²) in [6, 6.07) is 11.8. The normalized spacial score (nSPS) is 17.0. The van der Waals surface area contributed by atoms with Crippen LogP contribution in [0.1, 0.15) is 31.4 Å². The van der Waals surface area contributed by atoms with Crippen LogP contribution in [0.15, 0.2) is 47.6 Å². The monoisotopic (exact) mass is 482 g/mol. The molecule has 1 heterocycles. The average molecular weight is 483 g/mol. The molecule has 0 bridgehead atoms. The van der Waals surface area contributed by atoms with Gasteiger partial charge in [0.25, 0.3) is 0 Å². The van der Waals surface area contributed by atoms with E-state index in [-0.39, 0.29) is 18.5 Å². The van der Waals surface area contributed by atoms with Gasteiger partial charge in [-0.15, -0.1) is 0 Å². The fourth-order valence-corrected chi connectivity index (χ4v) is 3.80. The van der Waals surface area contributed by atoms with Gasteiger partial charge in [0, 0.05) is 38.2 Å². The highest BCUT2D eigenvalue weighted by molar-refractivity contribution is 6.42. The first kappa shape index (κ1) is 24.9. The first-order chi connectivity index (χ1) is 15.3. The van der Waals surface area contributed by atoms with Gasteiger partial charge in [0.1, 0.15) is 11.9 Å². The Morgan fingerprint density at radius 3 is 2.59 bits per heavy atom. The SMILES string of the molecule is CC(C)COC[C@H](O)CN(Cc1ccc(F)cc1)C[C@H]1CC(c2ccc(Cl)c(Cl)c2)=NO1. The number of aliphatic hydroxyl groups excluding tert-OH is 1. The number of hydrogen-bond donors (Lipinski definition) is 1. The summed E-state index contributed by atoms with van der Waals surface area (Å²) in [5.41, 5.74) is 2.62. The second-order valence-electron chi connectivity index (χ2n) is 8.50. The lowest BCUT2D eigenvalue weighted by Crippen LogP contribution is -2.39. The first-order valence-electron chi connectivity index (χ1n) is 10.7. The molecule has 2 atom stereocenters. The van der Waals surface area contributed by atoms with E-state index in [9.17, 15) is 9.50 Å². The minimum Gasteiger partial charge on any atom is -0.390 e. The summed E-state index contributed by atoms with van der Waals surface area (Å²) in [6.07, 6.45) is -0.215. The van der Waals surface area contributed by atoms with Crippen LogP contribution in [0.4, 0.5) is 4.39 Å². The van der Waals surface area contributed by atoms with Crippen LogP contribution in [-0.2, 0) is 16.1 Å². The number of ether oxygens (including phenoxy) is 1. The zero-order valence-electron chi connectivity index (χ0n) is 18.3. The smallest absolute Gasteiger partial charge is 0.145 e. The number of benzene rings is 2. The number of hydrogen-bond acceptors (Lipinski definition) is 5. The number of oxime groups is 1. The van der Waals surface area contributed by atoms with E-state index in [2.05, 4.69) is 23.9 Å². The van der Waals surface area contributed by atoms with Crippen molar-refractivity contribution < 1.29 is 19.1 Å². The number of nitrogens with zero attached hydrogens (tertiary/aromatic N) is 2. The zero-order valence-corrected chi connectivity index (χ0v) is 19.8. The summed E-state index contributed by atoms with van der Waals surface area (Å²) < 4.78 is 18.9. The molecule has 174 valence electrons. The van der Waals surface area contributed by atoms with E-state index in [0.29, 0.717) is 48.6 Å². The molecular formula is C24H29Cl2FN2O3. The number of aliphatic hydroxyl groups is 1. The quantitative estimate of drug-likeness (QED) is 0.480. The van der Waals surface area contributed by atoms with Crippen LogP contribution < -0.4 is 0 Å². The molecule has 5 nitrogen and oxygen atoms in total. The Morgan fingerprint density at radius 2 is 1.91 bits per heavy atom. The van der Waals surface area contributed by atoms with Crippen LogP contribution >= 0.6 is 23.2 Å². The van der Waals surface area contributed by atoms with Crippen molar-refractivity contribution in [3.8, 4) is 0 Å². The van der Waals surface area contributed by atoms with E-state index in [1.54, 1.807) is 24.3 Å². The molecule has 0 fully saturated rings. The Kier molecular flexibility index (Phi) is 9.32. The van der Waals surface area contributed by atoms with E-state index in [0.717, 1.165) is 16.8 Å². The molecule has 0 aliphatic carbocycles. The summed E-state index contributed by atoms with van der Waals surface area (Å²) >= 11 is 12.1. The highest BCUT2D eigenvalue weighted by atomic mass is 35.5. The highest BCUT2D eigenvalue weighted by Crippen LogP contribution is 2.26. The molecule has 32 heavy (non-hydrogen) atoms. The summed E-state index contributed by atoms with van der Waals surface area (Å²) in [5, 5.41) is 15.7. The van der Waals surface area contributed by atoms with Gasteiger partial charge in [-0.3, -0.25) is 4.90 Å². The Bertz CT molecular complexity index is 909. The fourth-order valence-electron chi connectivity index (χ4n) is 3.50. The fraction of sp³-hybridized carbons (Fsp3) is 0.458. The standard InChI is InChI=1S/C24H29Cl2FN2O3/c1-16(2)14-31-15-20(30)12-29(11-17-3-6-19(27)7-4-17)13-21-10-24(28-32-21)18-5-8-22(25)23(26)9-18/h3-9,16,20-21,30H,10-15H2,1-2H3/t20-,21-/m1/s1. The molecule has 3 rings (SSSR count). The van der Waals surface area contributed by atoms with Crippen molar-refractivity contribution in [2.45, 2.75) is 39.0 Å². The van der Waals surface area contributed by atoms with Crippen molar-refractivity contribution >= 4 is 28.9 Å². The maximum absolute atomic E-state index is 13.3. The first-order valence-corrected chi connectivity index (χ1v) is 11.5. The van der Waals surface area contributed by atoms with Crippen LogP contribution in [-0.4, -0.2) is 54.2 Å². The van der Waals surface area contributed by atoms with E-state index in [1.165, 1.54) is 12.1 Å². The van der Waals surface area contributed by atoms with Crippen molar-refractivity contribution in [1.29, 1.82) is 0 Å². The van der Waals surface area contributed by atoms with Gasteiger partial charge in [-0.25, -0.2) is 4.39 Å². The van der Waals surface area contributed by atoms with Gasteiger partial charge >= 0.3 is 0 Å². The van der Waals surface area contributed by atoms with Crippen LogP contribution in [0.25, 0.3) is 0 Å². The van der Waals surface area contributed by atoms with Gasteiger partial charge in [-0.05, 0) is 35.7 Å². The van der Waals surface area contributed by atoms with Crippen LogP contribution in [0, 0.1) is 11.7 Å². The lowest BCUT2D eigenvalue weighted by Gasteiger charge is -2.27. The van der Waals surface area contributed by atoms with Crippen molar-refractivity contribution in [3.05, 3.63) is 69.5 Å². The third kappa shape index (κ3) is 7.71. The second-order valence-corrected chi connectivity index (χ2v) is 9.32. The number of rotatable bonds is 11. The van der Waals surface area contributed by atoms with Crippen LogP contribution in [0.3, 0.4) is 0 Å². The van der Waals surface area contributed by atoms with Gasteiger partial charge < -0.3 is 14.7 Å². The lowest BCUT2D eigenvalue weighted by molar-refractivity contribution is -0.00734. The average Bonchev–Trinajstić information content (AvgIpc) is 3.20. The largest absolute Gasteiger partial charge is 0.390 e. The predicted octanol–water partition coefficient (Wildman–Crippen LogP) is 5.16. The zero-order chi connectivity index (χ0) is 23.1. The minimum atomic E-state index is -0.647. The van der Waals surface area contributed by atoms with E-state index >= 15 is 0 Å². The molecule has 0 aromatic heterocycles. The Labute approximate surface area is 198 Å². The molecular weight excluding hydrogens is 454 g/mol. The summed E-state index contributed by atoms with van der Waals surface area (Å²) in [4.78, 5) is 7.75. The van der Waals surface area contributed by atoms with Crippen LogP contribution in [0.5, 0.6) is 0 Å². The highest BCUT2D eigenvalue weighted by Gasteiger charge is 2.26. The van der Waals surface area contributed by atoms with Gasteiger partial charge in [0.05, 0.1) is 28.5 Å². The molecule has 1 aliphatic rings. The molecule has 0 spiro atoms. The van der Waals surface area contributed by atoms with Crippen molar-refractivity contribution in [3.63, 3.8) is 0 Å². The molecule has 1 N–H and O–H groups in total. The molecule has 2 aromatic carbocycles. The summed E-state index contributed by atoms with van der Waals surface area (Å²) in [6.45, 7) is 6.48. The molecule has 1 aliphatic heterocycles. The van der Waals surface area contributed by atoms with Crippen molar-refractivity contribution in [2.24, 2.45) is 11.1 Å². The van der Waals surface area contributed by atoms with Crippen molar-refractivity contribution in [1.82, 2.24) is 4.90 Å². The molecule has 0 unspecified atom stereocenters. The molecule has 2 aromatic rings.